The molecule has 0 aliphatic rings. The first-order valence-corrected chi connectivity index (χ1v) is 6.79. The molecule has 0 unspecified atom stereocenters. The van der Waals surface area contributed by atoms with Gasteiger partial charge in [-0.05, 0) is 52.7 Å². The predicted octanol–water partition coefficient (Wildman–Crippen LogP) is 3.78. The van der Waals surface area contributed by atoms with Crippen molar-refractivity contribution in [3.8, 4) is 6.07 Å². The van der Waals surface area contributed by atoms with Crippen molar-refractivity contribution in [3.63, 3.8) is 0 Å². The second-order valence-electron chi connectivity index (χ2n) is 4.19. The van der Waals surface area contributed by atoms with Crippen molar-refractivity contribution in [3.05, 3.63) is 59.2 Å². The van der Waals surface area contributed by atoms with Crippen molar-refractivity contribution >= 4 is 27.1 Å². The number of hydrogen-bond acceptors (Lipinski definition) is 4. The lowest BCUT2D eigenvalue weighted by molar-refractivity contribution is 1.12. The zero-order valence-electron chi connectivity index (χ0n) is 10.1. The van der Waals surface area contributed by atoms with Gasteiger partial charge in [-0.3, -0.25) is 0 Å². The monoisotopic (exact) mass is 265 g/mol. The molecule has 0 aliphatic carbocycles. The molecule has 3 aromatic rings. The minimum absolute atomic E-state index is 0.451. The van der Waals surface area contributed by atoms with Crippen LogP contribution in [0.2, 0.25) is 0 Å². The lowest BCUT2D eigenvalue weighted by Crippen LogP contribution is -2.00. The van der Waals surface area contributed by atoms with Gasteiger partial charge in [-0.25, -0.2) is 4.98 Å². The summed E-state index contributed by atoms with van der Waals surface area (Å²) < 4.78 is 1.29. The number of nitrogens with one attached hydrogen (secondary N) is 1. The van der Waals surface area contributed by atoms with Gasteiger partial charge < -0.3 is 5.32 Å². The van der Waals surface area contributed by atoms with Crippen LogP contribution in [0.3, 0.4) is 0 Å². The number of pyridine rings is 1. The Morgan fingerprint density at radius 3 is 3.05 bits per heavy atom. The van der Waals surface area contributed by atoms with Crippen LogP contribution in [-0.2, 0) is 6.54 Å². The van der Waals surface area contributed by atoms with Gasteiger partial charge >= 0.3 is 0 Å². The van der Waals surface area contributed by atoms with Crippen LogP contribution in [0.1, 0.15) is 11.3 Å². The second-order valence-corrected chi connectivity index (χ2v) is 5.14. The van der Waals surface area contributed by atoms with Crippen LogP contribution in [0.4, 0.5) is 5.69 Å². The van der Waals surface area contributed by atoms with Gasteiger partial charge in [0.05, 0.1) is 0 Å². The SMILES string of the molecule is N#Cc1cc(CNc2ccc3sccc3c2)ccn1. The van der Waals surface area contributed by atoms with E-state index in [4.69, 9.17) is 5.26 Å². The van der Waals surface area contributed by atoms with Gasteiger partial charge in [0, 0.05) is 23.1 Å². The molecule has 1 aromatic carbocycles. The Morgan fingerprint density at radius 1 is 1.21 bits per heavy atom. The third kappa shape index (κ3) is 2.56. The van der Waals surface area contributed by atoms with Crippen LogP contribution in [0.25, 0.3) is 10.1 Å². The molecule has 1 N–H and O–H groups in total. The Morgan fingerprint density at radius 2 is 2.16 bits per heavy atom. The number of benzene rings is 1. The van der Waals surface area contributed by atoms with E-state index in [0.717, 1.165) is 11.3 Å². The molecule has 2 heterocycles. The number of thiophene rings is 1. The van der Waals surface area contributed by atoms with Gasteiger partial charge in [0.1, 0.15) is 11.8 Å². The van der Waals surface area contributed by atoms with E-state index in [1.807, 2.05) is 12.1 Å². The summed E-state index contributed by atoms with van der Waals surface area (Å²) >= 11 is 1.74. The topological polar surface area (TPSA) is 48.7 Å². The first-order valence-electron chi connectivity index (χ1n) is 5.91. The highest BCUT2D eigenvalue weighted by Crippen LogP contribution is 2.24. The number of fused-ring (bicyclic) bond motifs is 1. The number of rotatable bonds is 3. The minimum Gasteiger partial charge on any atom is -0.381 e. The quantitative estimate of drug-likeness (QED) is 0.784. The summed E-state index contributed by atoms with van der Waals surface area (Å²) in [4.78, 5) is 3.96. The number of aromatic nitrogens is 1. The van der Waals surface area contributed by atoms with Crippen molar-refractivity contribution in [1.82, 2.24) is 4.98 Å². The molecular weight excluding hydrogens is 254 g/mol. The van der Waals surface area contributed by atoms with E-state index in [-0.39, 0.29) is 0 Å². The van der Waals surface area contributed by atoms with E-state index in [9.17, 15) is 0 Å². The minimum atomic E-state index is 0.451. The van der Waals surface area contributed by atoms with E-state index in [0.29, 0.717) is 12.2 Å². The average molecular weight is 265 g/mol. The highest BCUT2D eigenvalue weighted by atomic mass is 32.1. The maximum Gasteiger partial charge on any atom is 0.140 e. The Kier molecular flexibility index (Phi) is 3.13. The zero-order chi connectivity index (χ0) is 13.1. The predicted molar refractivity (Wildman–Crippen MR) is 78.1 cm³/mol. The van der Waals surface area contributed by atoms with Crippen molar-refractivity contribution in [1.29, 1.82) is 5.26 Å². The van der Waals surface area contributed by atoms with Gasteiger partial charge in [0.2, 0.25) is 0 Å². The first-order chi connectivity index (χ1) is 9.35. The highest BCUT2D eigenvalue weighted by molar-refractivity contribution is 7.17. The van der Waals surface area contributed by atoms with E-state index < -0.39 is 0 Å². The van der Waals surface area contributed by atoms with E-state index >= 15 is 0 Å². The van der Waals surface area contributed by atoms with Crippen LogP contribution in [0, 0.1) is 11.3 Å². The fourth-order valence-corrected chi connectivity index (χ4v) is 2.70. The molecule has 0 spiro atoms. The average Bonchev–Trinajstić information content (AvgIpc) is 2.93. The number of nitrogens with zero attached hydrogens (tertiary/aromatic N) is 2. The summed E-state index contributed by atoms with van der Waals surface area (Å²) in [5.74, 6) is 0. The van der Waals surface area contributed by atoms with Crippen LogP contribution in [0.5, 0.6) is 0 Å². The highest BCUT2D eigenvalue weighted by Gasteiger charge is 1.99. The summed E-state index contributed by atoms with van der Waals surface area (Å²) in [6, 6.07) is 14.2. The fraction of sp³-hybridized carbons (Fsp3) is 0.0667. The molecule has 0 amide bonds. The number of hydrogen-bond donors (Lipinski definition) is 1. The third-order valence-electron chi connectivity index (χ3n) is 2.89. The molecule has 92 valence electrons. The molecular formula is C15H11N3S. The van der Waals surface area contributed by atoms with E-state index in [1.165, 1.54) is 10.1 Å². The summed E-state index contributed by atoms with van der Waals surface area (Å²) in [7, 11) is 0. The molecule has 0 aliphatic heterocycles. The van der Waals surface area contributed by atoms with Crippen molar-refractivity contribution in [2.24, 2.45) is 0 Å². The normalized spacial score (nSPS) is 10.3. The standard InChI is InChI=1S/C15H11N3S/c16-9-14-7-11(3-5-17-14)10-18-13-1-2-15-12(8-13)4-6-19-15/h1-8,18H,10H2. The van der Waals surface area contributed by atoms with Crippen molar-refractivity contribution in [2.75, 3.05) is 5.32 Å². The van der Waals surface area contributed by atoms with Gasteiger partial charge in [0.15, 0.2) is 0 Å². The molecule has 0 saturated heterocycles. The second kappa shape index (κ2) is 5.09. The first kappa shape index (κ1) is 11.7. The van der Waals surface area contributed by atoms with Gasteiger partial charge in [0.25, 0.3) is 0 Å². The van der Waals surface area contributed by atoms with Crippen LogP contribution in [0.15, 0.2) is 48.0 Å². The summed E-state index contributed by atoms with van der Waals surface area (Å²) in [6.07, 6.45) is 1.66. The van der Waals surface area contributed by atoms with E-state index in [2.05, 4.69) is 39.9 Å². The lowest BCUT2D eigenvalue weighted by Gasteiger charge is -2.06. The molecule has 0 bridgehead atoms. The Labute approximate surface area is 115 Å². The smallest absolute Gasteiger partial charge is 0.140 e. The summed E-state index contributed by atoms with van der Waals surface area (Å²) in [5, 5.41) is 15.5. The summed E-state index contributed by atoms with van der Waals surface area (Å²) in [6.45, 7) is 0.687. The Balaban J connectivity index is 1.76. The van der Waals surface area contributed by atoms with Crippen molar-refractivity contribution < 1.29 is 0 Å². The largest absolute Gasteiger partial charge is 0.381 e. The van der Waals surface area contributed by atoms with Crippen LogP contribution in [-0.4, -0.2) is 4.98 Å². The zero-order valence-corrected chi connectivity index (χ0v) is 10.9. The van der Waals surface area contributed by atoms with Crippen LogP contribution < -0.4 is 5.32 Å². The number of nitriles is 1. The molecule has 4 heteroatoms. The maximum atomic E-state index is 8.81. The molecule has 0 fully saturated rings. The molecule has 3 rings (SSSR count). The van der Waals surface area contributed by atoms with Gasteiger partial charge in [-0.15, -0.1) is 11.3 Å². The molecule has 0 radical (unpaired) electrons. The lowest BCUT2D eigenvalue weighted by atomic mass is 10.2. The summed E-state index contributed by atoms with van der Waals surface area (Å²) in [5.41, 5.74) is 2.59. The van der Waals surface area contributed by atoms with E-state index in [1.54, 1.807) is 23.6 Å². The van der Waals surface area contributed by atoms with Gasteiger partial charge in [-0.1, -0.05) is 0 Å². The molecule has 0 atom stereocenters. The molecule has 19 heavy (non-hydrogen) atoms. The van der Waals surface area contributed by atoms with Crippen molar-refractivity contribution in [2.45, 2.75) is 6.54 Å². The molecule has 3 nitrogen and oxygen atoms in total. The maximum absolute atomic E-state index is 8.81. The van der Waals surface area contributed by atoms with Gasteiger partial charge in [-0.2, -0.15) is 5.26 Å². The Bertz CT molecular complexity index is 755. The fourth-order valence-electron chi connectivity index (χ4n) is 1.93. The van der Waals surface area contributed by atoms with Crippen LogP contribution >= 0.6 is 11.3 Å². The molecule has 2 aromatic heterocycles. The molecule has 0 saturated carbocycles. The number of anilines is 1. The Hall–Kier alpha value is -2.38. The third-order valence-corrected chi connectivity index (χ3v) is 3.79.